The predicted octanol–water partition coefficient (Wildman–Crippen LogP) is 5.85. The number of hydrogen-bond donors (Lipinski definition) is 1. The van der Waals surface area contributed by atoms with Gasteiger partial charge in [-0.15, -0.1) is 0 Å². The summed E-state index contributed by atoms with van der Waals surface area (Å²) in [5.41, 5.74) is 6.76. The van der Waals surface area contributed by atoms with Gasteiger partial charge in [0.2, 0.25) is 5.76 Å². The Morgan fingerprint density at radius 2 is 1.82 bits per heavy atom. The number of nitrogens with one attached hydrogen (secondary N) is 1. The Hall–Kier alpha value is -3.74. The molecule has 1 N–H and O–H groups in total. The molecule has 0 saturated heterocycles. The van der Waals surface area contributed by atoms with Crippen molar-refractivity contribution in [2.24, 2.45) is 5.10 Å². The average Bonchev–Trinajstić information content (AvgIpc) is 3.15. The van der Waals surface area contributed by atoms with E-state index in [9.17, 15) is 14.0 Å². The summed E-state index contributed by atoms with van der Waals surface area (Å²) >= 11 is 0. The lowest BCUT2D eigenvalue weighted by Crippen LogP contribution is -2.22. The zero-order chi connectivity index (χ0) is 24.4. The maximum atomic E-state index is 13.1. The van der Waals surface area contributed by atoms with Crippen LogP contribution in [0.1, 0.15) is 81.5 Å². The van der Waals surface area contributed by atoms with Gasteiger partial charge in [0.05, 0.1) is 5.71 Å². The van der Waals surface area contributed by atoms with E-state index < -0.39 is 17.7 Å². The van der Waals surface area contributed by atoms with E-state index in [0.717, 1.165) is 23.1 Å². The molecule has 1 amide bonds. The van der Waals surface area contributed by atoms with Gasteiger partial charge in [-0.25, -0.2) is 14.6 Å². The van der Waals surface area contributed by atoms with Crippen LogP contribution in [0.25, 0.3) is 0 Å². The number of aryl methyl sites for hydroxylation is 2. The van der Waals surface area contributed by atoms with Gasteiger partial charge in [0.15, 0.2) is 0 Å². The first-order chi connectivity index (χ1) is 16.2. The highest BCUT2D eigenvalue weighted by molar-refractivity contribution is 6.06. The second-order valence-corrected chi connectivity index (χ2v) is 8.80. The van der Waals surface area contributed by atoms with Crippen LogP contribution in [0, 0.1) is 19.7 Å². The highest BCUT2D eigenvalue weighted by Gasteiger charge is 2.29. The third kappa shape index (κ3) is 4.78. The van der Waals surface area contributed by atoms with Crippen molar-refractivity contribution in [3.05, 3.63) is 87.6 Å². The normalized spacial score (nSPS) is 14.2. The fraction of sp³-hybridized carbons (Fsp3) is 0.296. The molecular formula is C27H27FN2O4. The fourth-order valence-electron chi connectivity index (χ4n) is 4.11. The first kappa shape index (κ1) is 23.4. The average molecular weight is 463 g/mol. The van der Waals surface area contributed by atoms with Crippen LogP contribution in [0.4, 0.5) is 4.39 Å². The van der Waals surface area contributed by atoms with E-state index in [1.54, 1.807) is 6.92 Å². The van der Waals surface area contributed by atoms with Crippen LogP contribution in [0.3, 0.4) is 0 Å². The fourth-order valence-corrected chi connectivity index (χ4v) is 4.11. The molecular weight excluding hydrogens is 435 g/mol. The second-order valence-electron chi connectivity index (χ2n) is 8.80. The molecule has 3 aromatic rings. The molecule has 1 aromatic heterocycles. The van der Waals surface area contributed by atoms with Gasteiger partial charge in [-0.05, 0) is 74.1 Å². The number of hydrazone groups is 1. The summed E-state index contributed by atoms with van der Waals surface area (Å²) in [5, 5.41) is 4.30. The summed E-state index contributed by atoms with van der Waals surface area (Å²) in [5.74, 6) is 0.0843. The summed E-state index contributed by atoms with van der Waals surface area (Å²) in [6.07, 6.45) is 2.06. The van der Waals surface area contributed by atoms with Crippen LogP contribution in [-0.4, -0.2) is 17.6 Å². The van der Waals surface area contributed by atoms with Gasteiger partial charge >= 0.3 is 5.97 Å². The molecule has 2 aromatic carbocycles. The smallest absolute Gasteiger partial charge is 0.379 e. The zero-order valence-electron chi connectivity index (χ0n) is 19.7. The standard InChI is InChI=1S/C27H27FN2O4/c1-15(2)20-13-8-16(3)14-23(20)34-27(32)25-17(4)24-21(6-5-7-22(24)33-25)29-30-26(31)18-9-11-19(28)12-10-18/h8-15H,5-7H2,1-4H3,(H,30,31)/b29-21+. The molecule has 0 unspecified atom stereocenters. The predicted molar refractivity (Wildman–Crippen MR) is 127 cm³/mol. The monoisotopic (exact) mass is 462 g/mol. The molecule has 0 saturated carbocycles. The minimum Gasteiger partial charge on any atom is -0.453 e. The molecule has 7 heteroatoms. The van der Waals surface area contributed by atoms with Crippen molar-refractivity contribution in [2.75, 3.05) is 0 Å². The quantitative estimate of drug-likeness (QED) is 0.293. The molecule has 0 radical (unpaired) electrons. The second kappa shape index (κ2) is 9.63. The van der Waals surface area contributed by atoms with Crippen molar-refractivity contribution in [1.82, 2.24) is 5.43 Å². The van der Waals surface area contributed by atoms with Crippen molar-refractivity contribution < 1.29 is 23.1 Å². The van der Waals surface area contributed by atoms with Crippen molar-refractivity contribution in [3.63, 3.8) is 0 Å². The minimum absolute atomic E-state index is 0.140. The van der Waals surface area contributed by atoms with Crippen LogP contribution < -0.4 is 10.2 Å². The number of hydrogen-bond acceptors (Lipinski definition) is 5. The first-order valence-corrected chi connectivity index (χ1v) is 11.3. The maximum absolute atomic E-state index is 13.1. The summed E-state index contributed by atoms with van der Waals surface area (Å²) < 4.78 is 24.8. The van der Waals surface area contributed by atoms with E-state index in [4.69, 9.17) is 9.15 Å². The molecule has 1 aliphatic carbocycles. The molecule has 1 aliphatic rings. The topological polar surface area (TPSA) is 80.9 Å². The third-order valence-corrected chi connectivity index (χ3v) is 5.90. The van der Waals surface area contributed by atoms with Gasteiger partial charge < -0.3 is 9.15 Å². The van der Waals surface area contributed by atoms with Crippen LogP contribution in [0.5, 0.6) is 5.75 Å². The zero-order valence-corrected chi connectivity index (χ0v) is 19.7. The molecule has 0 aliphatic heterocycles. The highest BCUT2D eigenvalue weighted by Crippen LogP contribution is 2.32. The van der Waals surface area contributed by atoms with Crippen LogP contribution in [0.15, 0.2) is 52.0 Å². The number of nitrogens with zero attached hydrogens (tertiary/aromatic N) is 1. The lowest BCUT2D eigenvalue weighted by molar-refractivity contribution is 0.0696. The number of benzene rings is 2. The van der Waals surface area contributed by atoms with E-state index in [0.29, 0.717) is 41.2 Å². The minimum atomic E-state index is -0.561. The molecule has 6 nitrogen and oxygen atoms in total. The van der Waals surface area contributed by atoms with Gasteiger partial charge in [0.1, 0.15) is 17.3 Å². The Balaban J connectivity index is 1.59. The van der Waals surface area contributed by atoms with Gasteiger partial charge in [-0.3, -0.25) is 4.79 Å². The van der Waals surface area contributed by atoms with Gasteiger partial charge in [-0.2, -0.15) is 5.10 Å². The molecule has 0 bridgehead atoms. The van der Waals surface area contributed by atoms with E-state index in [2.05, 4.69) is 10.5 Å². The van der Waals surface area contributed by atoms with Crippen molar-refractivity contribution >= 4 is 17.6 Å². The van der Waals surface area contributed by atoms with E-state index in [1.807, 2.05) is 39.0 Å². The third-order valence-electron chi connectivity index (χ3n) is 5.90. The van der Waals surface area contributed by atoms with Gasteiger partial charge in [0.25, 0.3) is 5.91 Å². The number of esters is 1. The molecule has 0 atom stereocenters. The van der Waals surface area contributed by atoms with E-state index in [1.165, 1.54) is 24.3 Å². The van der Waals surface area contributed by atoms with Crippen LogP contribution in [-0.2, 0) is 6.42 Å². The number of ether oxygens (including phenoxy) is 1. The number of fused-ring (bicyclic) bond motifs is 1. The summed E-state index contributed by atoms with van der Waals surface area (Å²) in [4.78, 5) is 25.5. The number of carbonyl (C=O) groups is 2. The molecule has 1 heterocycles. The lowest BCUT2D eigenvalue weighted by atomic mass is 9.93. The maximum Gasteiger partial charge on any atom is 0.379 e. The number of halogens is 1. The summed E-state index contributed by atoms with van der Waals surface area (Å²) in [6.45, 7) is 7.83. The van der Waals surface area contributed by atoms with Crippen molar-refractivity contribution in [1.29, 1.82) is 0 Å². The highest BCUT2D eigenvalue weighted by atomic mass is 19.1. The number of carbonyl (C=O) groups excluding carboxylic acids is 2. The van der Waals surface area contributed by atoms with Gasteiger partial charge in [0, 0.05) is 23.1 Å². The molecule has 4 rings (SSSR count). The summed E-state index contributed by atoms with van der Waals surface area (Å²) in [6, 6.07) is 11.0. The van der Waals surface area contributed by atoms with Gasteiger partial charge in [-0.1, -0.05) is 26.0 Å². The van der Waals surface area contributed by atoms with E-state index >= 15 is 0 Å². The Bertz CT molecular complexity index is 1270. The Labute approximate surface area is 197 Å². The Morgan fingerprint density at radius 1 is 1.09 bits per heavy atom. The number of amides is 1. The number of rotatable bonds is 5. The van der Waals surface area contributed by atoms with Crippen LogP contribution >= 0.6 is 0 Å². The first-order valence-electron chi connectivity index (χ1n) is 11.3. The largest absolute Gasteiger partial charge is 0.453 e. The Morgan fingerprint density at radius 3 is 2.53 bits per heavy atom. The Kier molecular flexibility index (Phi) is 6.63. The van der Waals surface area contributed by atoms with Crippen molar-refractivity contribution in [3.8, 4) is 5.75 Å². The number of furan rings is 1. The SMILES string of the molecule is Cc1ccc(C(C)C)c(OC(=O)c2oc3c(c2C)/C(=N/NC(=O)c2ccc(F)cc2)CCC3)c1. The lowest BCUT2D eigenvalue weighted by Gasteiger charge is -2.13. The van der Waals surface area contributed by atoms with Crippen LogP contribution in [0.2, 0.25) is 0 Å². The van der Waals surface area contributed by atoms with E-state index in [-0.39, 0.29) is 11.7 Å². The molecule has 0 spiro atoms. The molecule has 34 heavy (non-hydrogen) atoms. The summed E-state index contributed by atoms with van der Waals surface area (Å²) in [7, 11) is 0. The molecule has 176 valence electrons. The van der Waals surface area contributed by atoms with Crippen molar-refractivity contribution in [2.45, 2.75) is 52.9 Å². The molecule has 0 fully saturated rings.